The molecule has 1 saturated heterocycles. The predicted molar refractivity (Wildman–Crippen MR) is 91.3 cm³/mol. The van der Waals surface area contributed by atoms with E-state index in [2.05, 4.69) is 5.10 Å². The smallest absolute Gasteiger partial charge is 0.274 e. The Morgan fingerprint density at radius 1 is 1.16 bits per heavy atom. The fourth-order valence-corrected chi connectivity index (χ4v) is 3.86. The van der Waals surface area contributed by atoms with Crippen molar-refractivity contribution in [1.82, 2.24) is 14.7 Å². The number of hydrogen-bond acceptors (Lipinski definition) is 3. The molecule has 4 rings (SSSR count). The summed E-state index contributed by atoms with van der Waals surface area (Å²) in [6.45, 7) is 1.03. The summed E-state index contributed by atoms with van der Waals surface area (Å²) in [6.07, 6.45) is 4.93. The van der Waals surface area contributed by atoms with Crippen molar-refractivity contribution in [1.29, 1.82) is 0 Å². The Hall–Kier alpha value is -2.21. The molecule has 1 amide bonds. The van der Waals surface area contributed by atoms with Crippen LogP contribution in [0.5, 0.6) is 0 Å². The van der Waals surface area contributed by atoms with E-state index in [4.69, 9.17) is 0 Å². The van der Waals surface area contributed by atoms with Crippen molar-refractivity contribution in [2.45, 2.75) is 44.6 Å². The van der Waals surface area contributed by atoms with Gasteiger partial charge in [-0.15, -0.1) is 0 Å². The predicted octanol–water partition coefficient (Wildman–Crippen LogP) is 2.49. The number of nitrogens with zero attached hydrogens (tertiary/aromatic N) is 3. The minimum atomic E-state index is -0.451. The number of amides is 1. The van der Waals surface area contributed by atoms with Gasteiger partial charge in [0.2, 0.25) is 0 Å². The first-order valence-corrected chi connectivity index (χ1v) is 8.97. The Morgan fingerprint density at radius 2 is 1.92 bits per heavy atom. The van der Waals surface area contributed by atoms with Crippen molar-refractivity contribution in [3.8, 4) is 5.69 Å². The van der Waals surface area contributed by atoms with Gasteiger partial charge in [0.25, 0.3) is 5.91 Å². The first kappa shape index (κ1) is 16.3. The zero-order valence-corrected chi connectivity index (χ0v) is 14.1. The second kappa shape index (κ2) is 6.59. The standard InChI is InChI=1S/C19H22FN3O2/c20-13-7-9-14(10-8-13)23-17-6-2-1-5-16(17)18(21-23)19(25)22-11-3-4-15(24)12-22/h7-10,15,24H,1-6,11-12H2. The topological polar surface area (TPSA) is 58.4 Å². The van der Waals surface area contributed by atoms with Crippen LogP contribution in [-0.4, -0.2) is 44.9 Å². The molecule has 0 spiro atoms. The molecule has 1 atom stereocenters. The highest BCUT2D eigenvalue weighted by Crippen LogP contribution is 2.28. The van der Waals surface area contributed by atoms with Crippen LogP contribution in [0.2, 0.25) is 0 Å². The average molecular weight is 343 g/mol. The maximum Gasteiger partial charge on any atom is 0.274 e. The molecule has 2 aromatic rings. The Bertz CT molecular complexity index is 785. The lowest BCUT2D eigenvalue weighted by atomic mass is 9.95. The molecule has 1 N–H and O–H groups in total. The zero-order chi connectivity index (χ0) is 17.4. The van der Waals surface area contributed by atoms with Crippen LogP contribution in [-0.2, 0) is 12.8 Å². The van der Waals surface area contributed by atoms with Crippen molar-refractivity contribution < 1.29 is 14.3 Å². The summed E-state index contributed by atoms with van der Waals surface area (Å²) in [5.74, 6) is -0.388. The summed E-state index contributed by atoms with van der Waals surface area (Å²) in [5.41, 5.74) is 3.34. The summed E-state index contributed by atoms with van der Waals surface area (Å²) in [4.78, 5) is 14.7. The van der Waals surface area contributed by atoms with E-state index in [1.807, 2.05) is 0 Å². The van der Waals surface area contributed by atoms with Crippen molar-refractivity contribution >= 4 is 5.91 Å². The molecule has 25 heavy (non-hydrogen) atoms. The van der Waals surface area contributed by atoms with Gasteiger partial charge in [-0.2, -0.15) is 5.10 Å². The third-order valence-electron chi connectivity index (χ3n) is 5.14. The first-order valence-electron chi connectivity index (χ1n) is 8.97. The summed E-state index contributed by atoms with van der Waals surface area (Å²) in [5, 5.41) is 14.5. The molecule has 2 heterocycles. The van der Waals surface area contributed by atoms with Gasteiger partial charge >= 0.3 is 0 Å². The number of aliphatic hydroxyl groups is 1. The highest BCUT2D eigenvalue weighted by Gasteiger charge is 2.30. The molecular formula is C19H22FN3O2. The summed E-state index contributed by atoms with van der Waals surface area (Å²) < 4.78 is 15.0. The fraction of sp³-hybridized carbons (Fsp3) is 0.474. The molecule has 0 bridgehead atoms. The zero-order valence-electron chi connectivity index (χ0n) is 14.1. The molecule has 1 aromatic heterocycles. The monoisotopic (exact) mass is 343 g/mol. The highest BCUT2D eigenvalue weighted by atomic mass is 19.1. The summed E-state index contributed by atoms with van der Waals surface area (Å²) in [7, 11) is 0. The molecule has 1 unspecified atom stereocenters. The lowest BCUT2D eigenvalue weighted by molar-refractivity contribution is 0.0467. The minimum Gasteiger partial charge on any atom is -0.391 e. The number of carbonyl (C=O) groups excluding carboxylic acids is 1. The molecule has 1 aromatic carbocycles. The molecule has 132 valence electrons. The Balaban J connectivity index is 1.73. The summed E-state index contributed by atoms with van der Waals surface area (Å²) >= 11 is 0. The SMILES string of the molecule is O=C(c1nn(-c2ccc(F)cc2)c2c1CCCC2)N1CCCC(O)C1. The normalized spacial score (nSPS) is 20.4. The Kier molecular flexibility index (Phi) is 4.29. The first-order chi connectivity index (χ1) is 12.1. The molecule has 2 aliphatic rings. The van der Waals surface area contributed by atoms with Crippen LogP contribution in [0.1, 0.15) is 47.4 Å². The third-order valence-corrected chi connectivity index (χ3v) is 5.14. The number of benzene rings is 1. The van der Waals surface area contributed by atoms with E-state index >= 15 is 0 Å². The van der Waals surface area contributed by atoms with Gasteiger partial charge in [-0.25, -0.2) is 9.07 Å². The van der Waals surface area contributed by atoms with Crippen LogP contribution in [0, 0.1) is 5.82 Å². The lowest BCUT2D eigenvalue weighted by Gasteiger charge is -2.29. The van der Waals surface area contributed by atoms with Gasteiger partial charge in [-0.05, 0) is 62.8 Å². The van der Waals surface area contributed by atoms with E-state index in [0.717, 1.165) is 55.5 Å². The number of piperidine rings is 1. The molecule has 0 saturated carbocycles. The maximum absolute atomic E-state index is 13.2. The second-order valence-electron chi connectivity index (χ2n) is 6.92. The second-order valence-corrected chi connectivity index (χ2v) is 6.92. The van der Waals surface area contributed by atoms with Gasteiger partial charge in [0.05, 0.1) is 11.8 Å². The quantitative estimate of drug-likeness (QED) is 0.911. The number of aliphatic hydroxyl groups excluding tert-OH is 1. The van der Waals surface area contributed by atoms with Gasteiger partial charge < -0.3 is 10.0 Å². The number of aromatic nitrogens is 2. The molecule has 6 heteroatoms. The van der Waals surface area contributed by atoms with Crippen LogP contribution >= 0.6 is 0 Å². The van der Waals surface area contributed by atoms with Gasteiger partial charge in [0, 0.05) is 24.3 Å². The van der Waals surface area contributed by atoms with Crippen LogP contribution in [0.3, 0.4) is 0 Å². The molecule has 1 aliphatic carbocycles. The largest absolute Gasteiger partial charge is 0.391 e. The Labute approximate surface area is 146 Å². The molecule has 1 aliphatic heterocycles. The van der Waals surface area contributed by atoms with Crippen LogP contribution in [0.4, 0.5) is 4.39 Å². The van der Waals surface area contributed by atoms with E-state index in [1.54, 1.807) is 21.7 Å². The number of likely N-dealkylation sites (tertiary alicyclic amines) is 1. The van der Waals surface area contributed by atoms with Crippen molar-refractivity contribution in [3.63, 3.8) is 0 Å². The summed E-state index contributed by atoms with van der Waals surface area (Å²) in [6, 6.07) is 6.20. The van der Waals surface area contributed by atoms with Crippen LogP contribution < -0.4 is 0 Å². The number of hydrogen-bond donors (Lipinski definition) is 1. The molecule has 5 nitrogen and oxygen atoms in total. The van der Waals surface area contributed by atoms with Gasteiger partial charge in [-0.3, -0.25) is 4.79 Å². The number of fused-ring (bicyclic) bond motifs is 1. The molecule has 1 fully saturated rings. The Morgan fingerprint density at radius 3 is 2.68 bits per heavy atom. The molecular weight excluding hydrogens is 321 g/mol. The average Bonchev–Trinajstić information content (AvgIpc) is 3.01. The number of halogens is 1. The number of rotatable bonds is 2. The van der Waals surface area contributed by atoms with Gasteiger partial charge in [0.15, 0.2) is 5.69 Å². The van der Waals surface area contributed by atoms with E-state index in [9.17, 15) is 14.3 Å². The number of β-amino-alcohol motifs (C(OH)–C–C–N with tert-alkyl or cyclic N) is 1. The van der Waals surface area contributed by atoms with E-state index < -0.39 is 6.10 Å². The van der Waals surface area contributed by atoms with E-state index in [-0.39, 0.29) is 11.7 Å². The maximum atomic E-state index is 13.2. The van der Waals surface area contributed by atoms with Crippen molar-refractivity contribution in [2.75, 3.05) is 13.1 Å². The molecule has 0 radical (unpaired) electrons. The van der Waals surface area contributed by atoms with E-state index in [0.29, 0.717) is 18.8 Å². The fourth-order valence-electron chi connectivity index (χ4n) is 3.86. The van der Waals surface area contributed by atoms with Crippen LogP contribution in [0.15, 0.2) is 24.3 Å². The third kappa shape index (κ3) is 3.06. The van der Waals surface area contributed by atoms with E-state index in [1.165, 1.54) is 12.1 Å². The highest BCUT2D eigenvalue weighted by molar-refractivity contribution is 5.94. The van der Waals surface area contributed by atoms with Crippen molar-refractivity contribution in [2.24, 2.45) is 0 Å². The lowest BCUT2D eigenvalue weighted by Crippen LogP contribution is -2.42. The van der Waals surface area contributed by atoms with Crippen LogP contribution in [0.25, 0.3) is 5.69 Å². The van der Waals surface area contributed by atoms with Gasteiger partial charge in [-0.1, -0.05) is 0 Å². The number of carbonyl (C=O) groups is 1. The van der Waals surface area contributed by atoms with Gasteiger partial charge in [0.1, 0.15) is 5.82 Å². The minimum absolute atomic E-state index is 0.0993. The van der Waals surface area contributed by atoms with Crippen molar-refractivity contribution in [3.05, 3.63) is 47.0 Å².